The minimum Gasteiger partial charge on any atom is -0.469 e. The maximum atomic E-state index is 12.8. The summed E-state index contributed by atoms with van der Waals surface area (Å²) in [6.07, 6.45) is 4.90. The number of unbranched alkanes of at least 4 members (excludes halogenated alkanes) is 3. The molecule has 1 aromatic heterocycles. The van der Waals surface area contributed by atoms with Crippen LogP contribution in [0.15, 0.2) is 48.5 Å². The SMILES string of the molecule is COC(=O)CCCCCCNC(=O)N1CCc2c(c3cc(Cl)ccc3n2-c2ccccc2)C1. The van der Waals surface area contributed by atoms with E-state index in [0.29, 0.717) is 31.1 Å². The number of halogens is 1. The van der Waals surface area contributed by atoms with E-state index in [9.17, 15) is 9.59 Å². The number of rotatable bonds is 8. The van der Waals surface area contributed by atoms with E-state index in [4.69, 9.17) is 11.6 Å². The Morgan fingerprint density at radius 2 is 1.85 bits per heavy atom. The average molecular weight is 468 g/mol. The predicted octanol–water partition coefficient (Wildman–Crippen LogP) is 5.48. The van der Waals surface area contributed by atoms with Gasteiger partial charge in [0.05, 0.1) is 12.6 Å². The summed E-state index contributed by atoms with van der Waals surface area (Å²) in [6, 6.07) is 16.3. The number of fused-ring (bicyclic) bond motifs is 3. The summed E-state index contributed by atoms with van der Waals surface area (Å²) in [6.45, 7) is 1.88. The molecule has 0 unspecified atom stereocenters. The number of esters is 1. The normalized spacial score (nSPS) is 13.1. The van der Waals surface area contributed by atoms with Crippen molar-refractivity contribution in [3.05, 3.63) is 64.8 Å². The molecule has 3 aromatic rings. The van der Waals surface area contributed by atoms with Crippen LogP contribution < -0.4 is 5.32 Å². The maximum Gasteiger partial charge on any atom is 0.317 e. The summed E-state index contributed by atoms with van der Waals surface area (Å²) in [4.78, 5) is 25.9. The lowest BCUT2D eigenvalue weighted by molar-refractivity contribution is -0.140. The zero-order valence-corrected chi connectivity index (χ0v) is 19.7. The number of aromatic nitrogens is 1. The van der Waals surface area contributed by atoms with Crippen molar-refractivity contribution in [1.29, 1.82) is 0 Å². The molecule has 0 aliphatic carbocycles. The van der Waals surface area contributed by atoms with Crippen LogP contribution in [0.25, 0.3) is 16.6 Å². The third-order valence-corrected chi connectivity index (χ3v) is 6.46. The Bertz CT molecular complexity index is 1130. The Morgan fingerprint density at radius 3 is 2.64 bits per heavy atom. The molecule has 0 bridgehead atoms. The van der Waals surface area contributed by atoms with Crippen LogP contribution in [0.4, 0.5) is 4.79 Å². The van der Waals surface area contributed by atoms with Gasteiger partial charge in [-0.25, -0.2) is 4.79 Å². The first-order valence-electron chi connectivity index (χ1n) is 11.5. The first-order chi connectivity index (χ1) is 16.1. The highest BCUT2D eigenvalue weighted by molar-refractivity contribution is 6.31. The molecule has 4 rings (SSSR count). The number of hydrogen-bond acceptors (Lipinski definition) is 3. The van der Waals surface area contributed by atoms with E-state index in [-0.39, 0.29) is 12.0 Å². The summed E-state index contributed by atoms with van der Waals surface area (Å²) in [5, 5.41) is 4.85. The lowest BCUT2D eigenvalue weighted by Crippen LogP contribution is -2.43. The molecule has 0 saturated carbocycles. The zero-order chi connectivity index (χ0) is 23.2. The van der Waals surface area contributed by atoms with Crippen molar-refractivity contribution in [2.75, 3.05) is 20.2 Å². The molecule has 0 fully saturated rings. The van der Waals surface area contributed by atoms with E-state index in [1.165, 1.54) is 18.4 Å². The highest BCUT2D eigenvalue weighted by Crippen LogP contribution is 2.35. The third kappa shape index (κ3) is 5.33. The first kappa shape index (κ1) is 23.2. The smallest absolute Gasteiger partial charge is 0.317 e. The zero-order valence-electron chi connectivity index (χ0n) is 19.0. The minimum atomic E-state index is -0.164. The number of amides is 2. The number of nitrogens with zero attached hydrogens (tertiary/aromatic N) is 2. The molecule has 2 amide bonds. The van der Waals surface area contributed by atoms with Crippen molar-refractivity contribution in [2.45, 2.75) is 45.1 Å². The lowest BCUT2D eigenvalue weighted by atomic mass is 10.0. The quantitative estimate of drug-likeness (QED) is 0.352. The monoisotopic (exact) mass is 467 g/mol. The van der Waals surface area contributed by atoms with Gasteiger partial charge in [0.25, 0.3) is 0 Å². The van der Waals surface area contributed by atoms with Gasteiger partial charge < -0.3 is 19.5 Å². The molecule has 0 atom stereocenters. The Kier molecular flexibility index (Phi) is 7.55. The van der Waals surface area contributed by atoms with Crippen LogP contribution in [0, 0.1) is 0 Å². The molecule has 33 heavy (non-hydrogen) atoms. The van der Waals surface area contributed by atoms with Crippen LogP contribution >= 0.6 is 11.6 Å². The molecule has 174 valence electrons. The maximum absolute atomic E-state index is 12.8. The van der Waals surface area contributed by atoms with Gasteiger partial charge in [-0.05, 0) is 43.2 Å². The molecule has 1 aliphatic rings. The van der Waals surface area contributed by atoms with Crippen molar-refractivity contribution in [1.82, 2.24) is 14.8 Å². The Balaban J connectivity index is 1.40. The van der Waals surface area contributed by atoms with E-state index in [0.717, 1.165) is 48.7 Å². The number of carbonyl (C=O) groups is 2. The number of methoxy groups -OCH3 is 1. The molecule has 2 heterocycles. The second kappa shape index (κ2) is 10.8. The van der Waals surface area contributed by atoms with Crippen LogP contribution in [0.1, 0.15) is 43.4 Å². The van der Waals surface area contributed by atoms with Gasteiger partial charge in [0, 0.05) is 59.8 Å². The fraction of sp³-hybridized carbons (Fsp3) is 0.385. The van der Waals surface area contributed by atoms with Gasteiger partial charge in [0.2, 0.25) is 0 Å². The highest BCUT2D eigenvalue weighted by atomic mass is 35.5. The molecule has 1 aliphatic heterocycles. The van der Waals surface area contributed by atoms with Gasteiger partial charge >= 0.3 is 12.0 Å². The highest BCUT2D eigenvalue weighted by Gasteiger charge is 2.27. The second-order valence-corrected chi connectivity index (χ2v) is 8.84. The van der Waals surface area contributed by atoms with E-state index >= 15 is 0 Å². The number of hydrogen-bond donors (Lipinski definition) is 1. The van der Waals surface area contributed by atoms with Gasteiger partial charge in [0.1, 0.15) is 0 Å². The summed E-state index contributed by atoms with van der Waals surface area (Å²) >= 11 is 6.33. The molecule has 0 radical (unpaired) electrons. The van der Waals surface area contributed by atoms with Crippen LogP contribution in [0.2, 0.25) is 5.02 Å². The van der Waals surface area contributed by atoms with Crippen LogP contribution in [0.3, 0.4) is 0 Å². The Morgan fingerprint density at radius 1 is 1.06 bits per heavy atom. The number of ether oxygens (including phenoxy) is 1. The lowest BCUT2D eigenvalue weighted by Gasteiger charge is -2.28. The van der Waals surface area contributed by atoms with E-state index in [2.05, 4.69) is 32.8 Å². The number of nitrogens with one attached hydrogen (secondary N) is 1. The van der Waals surface area contributed by atoms with Crippen molar-refractivity contribution in [2.24, 2.45) is 0 Å². The van der Waals surface area contributed by atoms with Crippen LogP contribution in [-0.4, -0.2) is 41.7 Å². The fourth-order valence-corrected chi connectivity index (χ4v) is 4.71. The number of benzene rings is 2. The van der Waals surface area contributed by atoms with Gasteiger partial charge in [-0.15, -0.1) is 0 Å². The van der Waals surface area contributed by atoms with Crippen molar-refractivity contribution in [3.8, 4) is 5.69 Å². The largest absolute Gasteiger partial charge is 0.469 e. The molecule has 6 nitrogen and oxygen atoms in total. The number of urea groups is 1. The standard InChI is InChI=1S/C26H30ClN3O3/c1-33-25(31)11-7-2-3-8-15-28-26(32)29-16-14-24-22(18-29)21-17-19(27)12-13-23(21)30(24)20-9-5-4-6-10-20/h4-6,9-10,12-13,17H,2-3,7-8,11,14-16,18H2,1H3,(H,28,32). The molecular weight excluding hydrogens is 438 g/mol. The van der Waals surface area contributed by atoms with Gasteiger partial charge in [-0.1, -0.05) is 42.6 Å². The number of carbonyl (C=O) groups excluding carboxylic acids is 2. The molecule has 1 N–H and O–H groups in total. The minimum absolute atomic E-state index is 0.0298. The van der Waals surface area contributed by atoms with Crippen molar-refractivity contribution in [3.63, 3.8) is 0 Å². The summed E-state index contributed by atoms with van der Waals surface area (Å²) in [7, 11) is 1.41. The average Bonchev–Trinajstić information content (AvgIpc) is 3.16. The third-order valence-electron chi connectivity index (χ3n) is 6.22. The van der Waals surface area contributed by atoms with Crippen LogP contribution in [-0.2, 0) is 22.5 Å². The second-order valence-electron chi connectivity index (χ2n) is 8.40. The molecule has 7 heteroatoms. The van der Waals surface area contributed by atoms with E-state index < -0.39 is 0 Å². The topological polar surface area (TPSA) is 63.6 Å². The van der Waals surface area contributed by atoms with E-state index in [1.54, 1.807) is 0 Å². The molecule has 0 spiro atoms. The fourth-order valence-electron chi connectivity index (χ4n) is 4.53. The van der Waals surface area contributed by atoms with Gasteiger partial charge in [-0.3, -0.25) is 4.79 Å². The van der Waals surface area contributed by atoms with Crippen molar-refractivity contribution < 1.29 is 14.3 Å². The van der Waals surface area contributed by atoms with Gasteiger partial charge in [-0.2, -0.15) is 0 Å². The molecular formula is C26H30ClN3O3. The van der Waals surface area contributed by atoms with Crippen molar-refractivity contribution >= 4 is 34.5 Å². The number of para-hydroxylation sites is 1. The summed E-state index contributed by atoms with van der Waals surface area (Å²) in [5.41, 5.74) is 4.65. The Labute approximate surface area is 199 Å². The predicted molar refractivity (Wildman–Crippen MR) is 131 cm³/mol. The summed E-state index contributed by atoms with van der Waals surface area (Å²) in [5.74, 6) is -0.164. The Hall–Kier alpha value is -2.99. The molecule has 0 saturated heterocycles. The first-order valence-corrected chi connectivity index (χ1v) is 11.9. The van der Waals surface area contributed by atoms with Gasteiger partial charge in [0.15, 0.2) is 0 Å². The summed E-state index contributed by atoms with van der Waals surface area (Å²) < 4.78 is 6.95. The molecule has 2 aromatic carbocycles. The van der Waals surface area contributed by atoms with E-state index in [1.807, 2.05) is 35.2 Å². The van der Waals surface area contributed by atoms with Crippen LogP contribution in [0.5, 0.6) is 0 Å².